The summed E-state index contributed by atoms with van der Waals surface area (Å²) in [5.41, 5.74) is -0.772. The summed E-state index contributed by atoms with van der Waals surface area (Å²) in [5.74, 6) is -0.115. The lowest BCUT2D eigenvalue weighted by Crippen LogP contribution is -2.53. The van der Waals surface area contributed by atoms with Crippen LogP contribution in [0.2, 0.25) is 0 Å². The van der Waals surface area contributed by atoms with Crippen LogP contribution in [0.5, 0.6) is 0 Å². The smallest absolute Gasteiger partial charge is 0.323 e. The van der Waals surface area contributed by atoms with Crippen LogP contribution in [0.15, 0.2) is 0 Å². The topological polar surface area (TPSA) is 95.6 Å². The van der Waals surface area contributed by atoms with E-state index in [9.17, 15) is 18.0 Å². The fourth-order valence-corrected chi connectivity index (χ4v) is 3.52. The molecule has 0 bridgehead atoms. The zero-order valence-corrected chi connectivity index (χ0v) is 12.5. The minimum atomic E-state index is -3.06. The molecule has 2 aliphatic rings. The molecular weight excluding hydrogens is 282 g/mol. The number of carbonyl (C=O) groups excluding carboxylic acids is 2. The number of sulfone groups is 1. The molecule has 0 aromatic rings. The average molecular weight is 303 g/mol. The van der Waals surface area contributed by atoms with Gasteiger partial charge >= 0.3 is 6.03 Å². The highest BCUT2D eigenvalue weighted by molar-refractivity contribution is 7.91. The number of imide groups is 1. The summed E-state index contributed by atoms with van der Waals surface area (Å²) >= 11 is 0. The van der Waals surface area contributed by atoms with Gasteiger partial charge in [0.1, 0.15) is 15.4 Å². The number of urea groups is 1. The highest BCUT2D eigenvalue weighted by Gasteiger charge is 2.50. The molecule has 2 aliphatic heterocycles. The third-order valence-corrected chi connectivity index (χ3v) is 5.77. The Labute approximate surface area is 119 Å². The number of piperidine rings is 1. The van der Waals surface area contributed by atoms with E-state index in [-0.39, 0.29) is 24.0 Å². The molecule has 2 saturated heterocycles. The monoisotopic (exact) mass is 303 g/mol. The summed E-state index contributed by atoms with van der Waals surface area (Å²) < 4.78 is 22.8. The number of hydrogen-bond acceptors (Lipinski definition) is 5. The Kier molecular flexibility index (Phi) is 4.33. The van der Waals surface area contributed by atoms with Gasteiger partial charge in [0.25, 0.3) is 5.91 Å². The van der Waals surface area contributed by atoms with E-state index in [1.165, 1.54) is 0 Å². The van der Waals surface area contributed by atoms with E-state index in [1.807, 2.05) is 0 Å². The normalized spacial score (nSPS) is 22.4. The van der Waals surface area contributed by atoms with Crippen LogP contribution < -0.4 is 10.6 Å². The van der Waals surface area contributed by atoms with E-state index < -0.39 is 21.4 Å². The molecule has 0 radical (unpaired) electrons. The highest BCUT2D eigenvalue weighted by Crippen LogP contribution is 2.26. The van der Waals surface area contributed by atoms with Crippen LogP contribution in [0.3, 0.4) is 0 Å². The zero-order chi connectivity index (χ0) is 14.8. The Morgan fingerprint density at radius 2 is 1.90 bits per heavy atom. The maximum absolute atomic E-state index is 12.4. The number of hydrogen-bond donors (Lipinski definition) is 2. The van der Waals surface area contributed by atoms with E-state index in [4.69, 9.17) is 0 Å². The van der Waals surface area contributed by atoms with Crippen molar-refractivity contribution in [3.05, 3.63) is 0 Å². The maximum atomic E-state index is 12.4. The first kappa shape index (κ1) is 15.2. The fraction of sp³-hybridized carbons (Fsp3) is 0.833. The average Bonchev–Trinajstić information content (AvgIpc) is 2.64. The fourth-order valence-electron chi connectivity index (χ4n) is 2.66. The second kappa shape index (κ2) is 5.69. The Morgan fingerprint density at radius 1 is 1.25 bits per heavy atom. The molecule has 2 heterocycles. The lowest BCUT2D eigenvalue weighted by molar-refractivity contribution is -0.132. The summed E-state index contributed by atoms with van der Waals surface area (Å²) in [6, 6.07) is -0.397. The highest BCUT2D eigenvalue weighted by atomic mass is 32.2. The van der Waals surface area contributed by atoms with Gasteiger partial charge in [0.15, 0.2) is 0 Å². The Balaban J connectivity index is 1.96. The van der Waals surface area contributed by atoms with Crippen molar-refractivity contribution in [2.45, 2.75) is 31.7 Å². The lowest BCUT2D eigenvalue weighted by Gasteiger charge is -2.31. The Hall–Kier alpha value is -1.15. The van der Waals surface area contributed by atoms with Crippen molar-refractivity contribution in [1.82, 2.24) is 15.5 Å². The van der Waals surface area contributed by atoms with Crippen LogP contribution in [0.1, 0.15) is 26.2 Å². The van der Waals surface area contributed by atoms with Crippen LogP contribution >= 0.6 is 0 Å². The zero-order valence-electron chi connectivity index (χ0n) is 11.6. The Bertz CT molecular complexity index is 497. The molecule has 2 rings (SSSR count). The molecule has 0 unspecified atom stereocenters. The van der Waals surface area contributed by atoms with Crippen molar-refractivity contribution in [2.24, 2.45) is 0 Å². The van der Waals surface area contributed by atoms with Gasteiger partial charge in [0, 0.05) is 12.3 Å². The molecule has 114 valence electrons. The van der Waals surface area contributed by atoms with Gasteiger partial charge in [-0.15, -0.1) is 0 Å². The van der Waals surface area contributed by atoms with E-state index in [0.29, 0.717) is 32.4 Å². The van der Waals surface area contributed by atoms with Crippen molar-refractivity contribution in [2.75, 3.05) is 31.1 Å². The molecule has 2 fully saturated rings. The molecule has 8 heteroatoms. The summed E-state index contributed by atoms with van der Waals surface area (Å²) in [7, 11) is -3.06. The summed E-state index contributed by atoms with van der Waals surface area (Å²) in [4.78, 5) is 25.5. The molecule has 1 spiro atoms. The first-order valence-corrected chi connectivity index (χ1v) is 8.78. The van der Waals surface area contributed by atoms with Gasteiger partial charge in [-0.2, -0.15) is 0 Å². The minimum Gasteiger partial charge on any atom is -0.323 e. The maximum Gasteiger partial charge on any atom is 0.325 e. The lowest BCUT2D eigenvalue weighted by atomic mass is 9.88. The predicted octanol–water partition coefficient (Wildman–Crippen LogP) is -0.515. The van der Waals surface area contributed by atoms with Crippen LogP contribution in [0.25, 0.3) is 0 Å². The molecule has 0 atom stereocenters. The number of carbonyl (C=O) groups is 2. The second-order valence-electron chi connectivity index (χ2n) is 5.31. The van der Waals surface area contributed by atoms with Crippen molar-refractivity contribution in [1.29, 1.82) is 0 Å². The van der Waals surface area contributed by atoms with Crippen LogP contribution in [-0.4, -0.2) is 61.9 Å². The van der Waals surface area contributed by atoms with Gasteiger partial charge in [0.2, 0.25) is 0 Å². The largest absolute Gasteiger partial charge is 0.325 e. The third-order valence-electron chi connectivity index (χ3n) is 3.98. The first-order chi connectivity index (χ1) is 9.40. The molecule has 7 nitrogen and oxygen atoms in total. The molecule has 0 aromatic heterocycles. The molecule has 0 aromatic carbocycles. The van der Waals surface area contributed by atoms with Crippen molar-refractivity contribution < 1.29 is 18.0 Å². The molecule has 0 aliphatic carbocycles. The SMILES string of the molecule is CCS(=O)(=O)CCCN1C(=O)NC2(CCNCC2)C1=O. The summed E-state index contributed by atoms with van der Waals surface area (Å²) in [6.07, 6.45) is 1.46. The van der Waals surface area contributed by atoms with Gasteiger partial charge in [-0.05, 0) is 32.4 Å². The van der Waals surface area contributed by atoms with E-state index >= 15 is 0 Å². The minimum absolute atomic E-state index is 0.00904. The number of nitrogens with one attached hydrogen (secondary N) is 2. The predicted molar refractivity (Wildman–Crippen MR) is 74.0 cm³/mol. The van der Waals surface area contributed by atoms with E-state index in [1.54, 1.807) is 6.92 Å². The summed E-state index contributed by atoms with van der Waals surface area (Å²) in [6.45, 7) is 3.15. The van der Waals surface area contributed by atoms with Gasteiger partial charge < -0.3 is 10.6 Å². The first-order valence-electron chi connectivity index (χ1n) is 6.95. The molecule has 3 amide bonds. The number of amides is 3. The van der Waals surface area contributed by atoms with Crippen molar-refractivity contribution in [3.63, 3.8) is 0 Å². The van der Waals surface area contributed by atoms with Crippen LogP contribution in [0.4, 0.5) is 4.79 Å². The molecular formula is C12H21N3O4S. The van der Waals surface area contributed by atoms with Crippen LogP contribution in [-0.2, 0) is 14.6 Å². The second-order valence-corrected chi connectivity index (χ2v) is 7.78. The van der Waals surface area contributed by atoms with Crippen molar-refractivity contribution >= 4 is 21.8 Å². The van der Waals surface area contributed by atoms with E-state index in [0.717, 1.165) is 4.90 Å². The molecule has 2 N–H and O–H groups in total. The molecule has 0 saturated carbocycles. The standard InChI is InChI=1S/C12H21N3O4S/c1-2-20(18,19)9-3-8-15-10(16)12(14-11(15)17)4-6-13-7-5-12/h13H,2-9H2,1H3,(H,14,17). The van der Waals surface area contributed by atoms with E-state index in [2.05, 4.69) is 10.6 Å². The number of nitrogens with zero attached hydrogens (tertiary/aromatic N) is 1. The van der Waals surface area contributed by atoms with Gasteiger partial charge in [-0.3, -0.25) is 9.69 Å². The van der Waals surface area contributed by atoms with Gasteiger partial charge in [-0.25, -0.2) is 13.2 Å². The van der Waals surface area contributed by atoms with Gasteiger partial charge in [-0.1, -0.05) is 6.92 Å². The quantitative estimate of drug-likeness (QED) is 0.667. The van der Waals surface area contributed by atoms with Crippen LogP contribution in [0, 0.1) is 0 Å². The molecule has 20 heavy (non-hydrogen) atoms. The number of rotatable bonds is 5. The Morgan fingerprint density at radius 3 is 2.50 bits per heavy atom. The summed E-state index contributed by atoms with van der Waals surface area (Å²) in [5, 5.41) is 5.93. The third kappa shape index (κ3) is 2.95. The van der Waals surface area contributed by atoms with Crippen molar-refractivity contribution in [3.8, 4) is 0 Å². The van der Waals surface area contributed by atoms with Gasteiger partial charge in [0.05, 0.1) is 5.75 Å².